The maximum atomic E-state index is 12.7. The molecule has 0 saturated heterocycles. The summed E-state index contributed by atoms with van der Waals surface area (Å²) in [5, 5.41) is 12.4. The number of amides is 1. The number of rotatable bonds is 7. The highest BCUT2D eigenvalue weighted by molar-refractivity contribution is 5.97. The Morgan fingerprint density at radius 1 is 1.17 bits per heavy atom. The van der Waals surface area contributed by atoms with E-state index in [2.05, 4.69) is 15.3 Å². The molecular weight excluding hydrogens is 413 g/mol. The summed E-state index contributed by atoms with van der Waals surface area (Å²) in [5.41, 5.74) is -0.101. The Labute approximate surface area is 166 Å². The summed E-state index contributed by atoms with van der Waals surface area (Å²) in [7, 11) is 0. The third-order valence-electron chi connectivity index (χ3n) is 4.09. The first-order valence-electron chi connectivity index (χ1n) is 8.67. The van der Waals surface area contributed by atoms with E-state index in [4.69, 9.17) is 4.74 Å². The minimum absolute atomic E-state index is 0.132. The fraction of sp³-hybridized carbons (Fsp3) is 0.263. The Hall–Kier alpha value is -3.21. The van der Waals surface area contributed by atoms with Crippen LogP contribution in [0, 0.1) is 0 Å². The summed E-state index contributed by atoms with van der Waals surface area (Å²) in [5.74, 6) is -0.926. The van der Waals surface area contributed by atoms with Gasteiger partial charge in [0, 0.05) is 12.1 Å². The van der Waals surface area contributed by atoms with E-state index in [0.717, 1.165) is 24.3 Å². The number of benzene rings is 2. The van der Waals surface area contributed by atoms with Crippen LogP contribution in [0.1, 0.15) is 28.2 Å². The lowest BCUT2D eigenvalue weighted by atomic mass is 10.2. The predicted octanol–water partition coefficient (Wildman–Crippen LogP) is 3.69. The lowest BCUT2D eigenvalue weighted by molar-refractivity contribution is -0.137. The normalized spacial score (nSPS) is 12.9. The molecule has 0 aliphatic rings. The quantitative estimate of drug-likeness (QED) is 0.500. The lowest BCUT2D eigenvalue weighted by Crippen LogP contribution is -2.35. The minimum atomic E-state index is -4.46. The average molecular weight is 429 g/mol. The number of hydrogen-bond donors (Lipinski definition) is 3. The Kier molecular flexibility index (Phi) is 6.20. The highest BCUT2D eigenvalue weighted by Gasteiger charge is 2.30. The first-order chi connectivity index (χ1) is 14.1. The van der Waals surface area contributed by atoms with Gasteiger partial charge in [0.15, 0.2) is 5.82 Å². The van der Waals surface area contributed by atoms with Gasteiger partial charge in [0.1, 0.15) is 18.5 Å². The molecule has 0 fully saturated rings. The number of nitrogens with one attached hydrogen (secondary N) is 2. The van der Waals surface area contributed by atoms with Crippen molar-refractivity contribution in [2.45, 2.75) is 18.7 Å². The van der Waals surface area contributed by atoms with Gasteiger partial charge in [-0.05, 0) is 42.5 Å². The molecule has 2 aromatic carbocycles. The topological polar surface area (TPSA) is 87.2 Å². The summed E-state index contributed by atoms with van der Waals surface area (Å²) in [4.78, 5) is 18.3. The molecule has 6 nitrogen and oxygen atoms in total. The van der Waals surface area contributed by atoms with Crippen LogP contribution in [0.2, 0.25) is 0 Å². The summed E-state index contributed by atoms with van der Waals surface area (Å²) in [6, 6.07) is 8.14. The van der Waals surface area contributed by atoms with Crippen LogP contribution < -0.4 is 10.1 Å². The maximum absolute atomic E-state index is 12.7. The highest BCUT2D eigenvalue weighted by atomic mass is 19.4. The van der Waals surface area contributed by atoms with Crippen LogP contribution >= 0.6 is 0 Å². The number of nitrogens with zero attached hydrogens (tertiary/aromatic N) is 1. The van der Waals surface area contributed by atoms with Gasteiger partial charge in [-0.2, -0.15) is 13.2 Å². The van der Waals surface area contributed by atoms with Crippen LogP contribution in [-0.4, -0.2) is 40.2 Å². The summed E-state index contributed by atoms with van der Waals surface area (Å²) >= 11 is 0. The molecule has 0 bridgehead atoms. The van der Waals surface area contributed by atoms with Gasteiger partial charge in [-0.25, -0.2) is 13.8 Å². The minimum Gasteiger partial charge on any atom is -0.491 e. The van der Waals surface area contributed by atoms with Crippen molar-refractivity contribution in [1.29, 1.82) is 0 Å². The van der Waals surface area contributed by atoms with Crippen LogP contribution in [0.4, 0.5) is 22.0 Å². The molecule has 3 aromatic rings. The number of aromatic nitrogens is 2. The zero-order chi connectivity index (χ0) is 21.9. The van der Waals surface area contributed by atoms with Gasteiger partial charge in [-0.15, -0.1) is 0 Å². The number of aliphatic hydroxyl groups is 1. The van der Waals surface area contributed by atoms with Crippen LogP contribution in [-0.2, 0) is 6.18 Å². The van der Waals surface area contributed by atoms with E-state index in [9.17, 15) is 31.9 Å². The number of aromatic amines is 1. The number of H-pyrrole nitrogens is 1. The number of carbonyl (C=O) groups is 1. The number of carbonyl (C=O) groups excluding carboxylic acids is 1. The van der Waals surface area contributed by atoms with Gasteiger partial charge in [0.2, 0.25) is 0 Å². The van der Waals surface area contributed by atoms with Gasteiger partial charge in [-0.1, -0.05) is 0 Å². The van der Waals surface area contributed by atoms with Crippen LogP contribution in [0.15, 0.2) is 42.5 Å². The predicted molar refractivity (Wildman–Crippen MR) is 96.3 cm³/mol. The molecule has 0 aliphatic heterocycles. The molecule has 1 heterocycles. The number of imidazole rings is 1. The molecule has 0 saturated carbocycles. The van der Waals surface area contributed by atoms with Gasteiger partial charge in [0.25, 0.3) is 12.3 Å². The summed E-state index contributed by atoms with van der Waals surface area (Å²) in [6.45, 7) is -0.453. The zero-order valence-corrected chi connectivity index (χ0v) is 15.2. The lowest BCUT2D eigenvalue weighted by Gasteiger charge is -2.14. The van der Waals surface area contributed by atoms with Crippen molar-refractivity contribution in [3.05, 3.63) is 59.4 Å². The Morgan fingerprint density at radius 3 is 2.50 bits per heavy atom. The summed E-state index contributed by atoms with van der Waals surface area (Å²) < 4.78 is 68.1. The van der Waals surface area contributed by atoms with Crippen molar-refractivity contribution in [3.8, 4) is 5.75 Å². The number of hydrogen-bond acceptors (Lipinski definition) is 4. The first kappa shape index (κ1) is 21.5. The van der Waals surface area contributed by atoms with E-state index >= 15 is 0 Å². The Morgan fingerprint density at radius 2 is 1.87 bits per heavy atom. The smallest absolute Gasteiger partial charge is 0.416 e. The third-order valence-corrected chi connectivity index (χ3v) is 4.09. The Bertz CT molecular complexity index is 1020. The molecule has 30 heavy (non-hydrogen) atoms. The molecule has 11 heteroatoms. The number of aliphatic hydroxyl groups excluding tert-OH is 1. The van der Waals surface area contributed by atoms with Crippen LogP contribution in [0.25, 0.3) is 11.0 Å². The van der Waals surface area contributed by atoms with E-state index in [1.54, 1.807) is 0 Å². The monoisotopic (exact) mass is 429 g/mol. The van der Waals surface area contributed by atoms with Crippen LogP contribution in [0.5, 0.6) is 5.75 Å². The largest absolute Gasteiger partial charge is 0.491 e. The van der Waals surface area contributed by atoms with E-state index < -0.39 is 36.0 Å². The Balaban J connectivity index is 1.51. The van der Waals surface area contributed by atoms with Crippen molar-refractivity contribution in [2.24, 2.45) is 0 Å². The molecule has 0 aliphatic carbocycles. The van der Waals surface area contributed by atoms with Gasteiger partial charge < -0.3 is 20.1 Å². The molecule has 1 aromatic heterocycles. The SMILES string of the molecule is O=C(NCC(O)COc1ccc(C(F)(F)F)cc1)c1ccc2nc(C(F)F)[nH]c2c1. The van der Waals surface area contributed by atoms with Gasteiger partial charge in [-0.3, -0.25) is 4.79 Å². The maximum Gasteiger partial charge on any atom is 0.416 e. The van der Waals surface area contributed by atoms with E-state index in [-0.39, 0.29) is 35.5 Å². The fourth-order valence-corrected chi connectivity index (χ4v) is 2.58. The number of alkyl halides is 5. The van der Waals surface area contributed by atoms with Crippen molar-refractivity contribution < 1.29 is 36.6 Å². The number of halogens is 5. The average Bonchev–Trinajstić information content (AvgIpc) is 3.14. The second kappa shape index (κ2) is 8.66. The molecule has 1 amide bonds. The molecule has 1 atom stereocenters. The first-order valence-corrected chi connectivity index (χ1v) is 8.67. The van der Waals surface area contributed by atoms with Gasteiger partial charge >= 0.3 is 6.18 Å². The summed E-state index contributed by atoms with van der Waals surface area (Å²) in [6.07, 6.45) is -8.35. The standard InChI is InChI=1S/C19H16F5N3O3/c20-16(21)17-26-14-6-1-10(7-15(14)27-17)18(29)25-8-12(28)9-30-13-4-2-11(3-5-13)19(22,23)24/h1-7,12,16,28H,8-9H2,(H,25,29)(H,26,27). The number of fused-ring (bicyclic) bond motifs is 1. The van der Waals surface area contributed by atoms with Crippen molar-refractivity contribution in [2.75, 3.05) is 13.2 Å². The molecule has 3 N–H and O–H groups in total. The second-order valence-electron chi connectivity index (χ2n) is 6.35. The number of ether oxygens (including phenoxy) is 1. The molecule has 160 valence electrons. The molecule has 1 unspecified atom stereocenters. The molecule has 0 spiro atoms. The van der Waals surface area contributed by atoms with Gasteiger partial charge in [0.05, 0.1) is 16.6 Å². The van der Waals surface area contributed by atoms with E-state index in [1.165, 1.54) is 18.2 Å². The molecular formula is C19H16F5N3O3. The van der Waals surface area contributed by atoms with Crippen molar-refractivity contribution >= 4 is 16.9 Å². The molecule has 3 rings (SSSR count). The van der Waals surface area contributed by atoms with E-state index in [0.29, 0.717) is 0 Å². The van der Waals surface area contributed by atoms with E-state index in [1.807, 2.05) is 0 Å². The fourth-order valence-electron chi connectivity index (χ4n) is 2.58. The zero-order valence-electron chi connectivity index (χ0n) is 15.2. The third kappa shape index (κ3) is 5.23. The second-order valence-corrected chi connectivity index (χ2v) is 6.35. The highest BCUT2D eigenvalue weighted by Crippen LogP contribution is 2.30. The van der Waals surface area contributed by atoms with Crippen molar-refractivity contribution in [3.63, 3.8) is 0 Å². The van der Waals surface area contributed by atoms with Crippen LogP contribution in [0.3, 0.4) is 0 Å². The van der Waals surface area contributed by atoms with Crippen molar-refractivity contribution in [1.82, 2.24) is 15.3 Å². The molecule has 0 radical (unpaired) electrons.